The predicted molar refractivity (Wildman–Crippen MR) is 108 cm³/mol. The minimum Gasteiger partial charge on any atom is -0.394 e. The molecule has 0 aliphatic carbocycles. The lowest BCUT2D eigenvalue weighted by Crippen LogP contribution is -2.86. The van der Waals surface area contributed by atoms with Crippen LogP contribution in [0, 0.1) is 0 Å². The van der Waals surface area contributed by atoms with E-state index in [1.807, 2.05) is 44.2 Å². The van der Waals surface area contributed by atoms with E-state index >= 15 is 0 Å². The number of aliphatic hydroxyl groups excluding tert-OH is 1. The number of pyridine rings is 1. The molecular weight excluding hydrogens is 368 g/mol. The molecular formula is C22H26N4O3. The Kier molecular flexibility index (Phi) is 5.00. The zero-order chi connectivity index (χ0) is 20.6. The normalized spacial score (nSPS) is 22.2. The lowest BCUT2D eigenvalue weighted by atomic mass is 9.60. The van der Waals surface area contributed by atoms with Crippen LogP contribution in [0.4, 0.5) is 4.79 Å². The molecule has 4 rings (SSSR count). The summed E-state index contributed by atoms with van der Waals surface area (Å²) in [7, 11) is 0. The number of rotatable bonds is 4. The molecule has 2 aliphatic heterocycles. The van der Waals surface area contributed by atoms with Gasteiger partial charge in [0.2, 0.25) is 0 Å². The summed E-state index contributed by atoms with van der Waals surface area (Å²) < 4.78 is 0. The summed E-state index contributed by atoms with van der Waals surface area (Å²) in [4.78, 5) is 33.4. The van der Waals surface area contributed by atoms with Gasteiger partial charge in [-0.3, -0.25) is 9.78 Å². The third-order valence-electron chi connectivity index (χ3n) is 5.85. The van der Waals surface area contributed by atoms with Crippen molar-refractivity contribution in [1.29, 1.82) is 0 Å². The van der Waals surface area contributed by atoms with Gasteiger partial charge in [-0.05, 0) is 31.5 Å². The van der Waals surface area contributed by atoms with E-state index in [4.69, 9.17) is 0 Å². The first-order valence-corrected chi connectivity index (χ1v) is 9.94. The fourth-order valence-electron chi connectivity index (χ4n) is 4.70. The van der Waals surface area contributed by atoms with Crippen molar-refractivity contribution in [2.75, 3.05) is 19.7 Å². The van der Waals surface area contributed by atoms with E-state index < -0.39 is 5.54 Å². The Hall–Kier alpha value is -2.93. The first-order chi connectivity index (χ1) is 14.0. The first-order valence-electron chi connectivity index (χ1n) is 9.94. The Labute approximate surface area is 170 Å². The third-order valence-corrected chi connectivity index (χ3v) is 5.85. The average Bonchev–Trinajstić information content (AvgIpc) is 2.67. The highest BCUT2D eigenvalue weighted by Gasteiger charge is 2.68. The molecule has 152 valence electrons. The number of amides is 3. The summed E-state index contributed by atoms with van der Waals surface area (Å²) in [6.45, 7) is 4.56. The second-order valence-corrected chi connectivity index (χ2v) is 8.09. The summed E-state index contributed by atoms with van der Waals surface area (Å²) in [5, 5.41) is 13.0. The molecule has 7 nitrogen and oxygen atoms in total. The van der Waals surface area contributed by atoms with E-state index in [-0.39, 0.29) is 36.5 Å². The van der Waals surface area contributed by atoms with Gasteiger partial charge in [-0.1, -0.05) is 36.4 Å². The quantitative estimate of drug-likeness (QED) is 0.829. The van der Waals surface area contributed by atoms with Crippen LogP contribution in [0.1, 0.15) is 35.8 Å². The summed E-state index contributed by atoms with van der Waals surface area (Å²) in [6, 6.07) is 14.7. The van der Waals surface area contributed by atoms with E-state index in [0.717, 1.165) is 5.56 Å². The number of hydrogen-bond donors (Lipinski definition) is 2. The Morgan fingerprint density at radius 1 is 1.17 bits per heavy atom. The van der Waals surface area contributed by atoms with Crippen molar-refractivity contribution in [3.05, 3.63) is 66.0 Å². The zero-order valence-corrected chi connectivity index (χ0v) is 16.7. The molecule has 3 amide bonds. The van der Waals surface area contributed by atoms with Gasteiger partial charge in [0, 0.05) is 31.2 Å². The largest absolute Gasteiger partial charge is 0.394 e. The number of carbonyl (C=O) groups excluding carboxylic acids is 2. The summed E-state index contributed by atoms with van der Waals surface area (Å²) in [6.07, 6.45) is 1.59. The van der Waals surface area contributed by atoms with Crippen molar-refractivity contribution >= 4 is 11.9 Å². The minimum absolute atomic E-state index is 0.0375. The van der Waals surface area contributed by atoms with Gasteiger partial charge in [0.15, 0.2) is 0 Å². The Morgan fingerprint density at radius 3 is 2.45 bits per heavy atom. The standard InChI is InChI=1S/C22H26N4O3/c1-15(2)24-21(29)25-13-22(14-25)19(16-8-4-3-5-9-16)18(12-27)26(22)20(28)17-10-6-7-11-23-17/h3-11,15,18-19,27H,12-14H2,1-2H3,(H,24,29)/t18-,19-/m1/s1. The van der Waals surface area contributed by atoms with Gasteiger partial charge in [-0.15, -0.1) is 0 Å². The van der Waals surface area contributed by atoms with E-state index in [1.54, 1.807) is 34.2 Å². The Bertz CT molecular complexity index is 881. The molecule has 0 bridgehead atoms. The summed E-state index contributed by atoms with van der Waals surface area (Å²) in [5.74, 6) is -0.245. The fourth-order valence-corrected chi connectivity index (χ4v) is 4.70. The van der Waals surface area contributed by atoms with Crippen molar-refractivity contribution < 1.29 is 14.7 Å². The van der Waals surface area contributed by atoms with Crippen LogP contribution in [0.2, 0.25) is 0 Å². The lowest BCUT2D eigenvalue weighted by molar-refractivity contribution is -0.151. The smallest absolute Gasteiger partial charge is 0.317 e. The second kappa shape index (κ2) is 7.48. The number of aromatic nitrogens is 1. The summed E-state index contributed by atoms with van der Waals surface area (Å²) >= 11 is 0. The molecule has 2 aromatic rings. The molecule has 2 aliphatic rings. The van der Waals surface area contributed by atoms with Crippen LogP contribution in [-0.4, -0.2) is 69.1 Å². The minimum atomic E-state index is -0.530. The van der Waals surface area contributed by atoms with Gasteiger partial charge in [-0.25, -0.2) is 4.79 Å². The Morgan fingerprint density at radius 2 is 1.86 bits per heavy atom. The van der Waals surface area contributed by atoms with E-state index in [9.17, 15) is 14.7 Å². The molecule has 2 atom stereocenters. The van der Waals surface area contributed by atoms with Crippen LogP contribution in [0.5, 0.6) is 0 Å². The van der Waals surface area contributed by atoms with Crippen molar-refractivity contribution in [1.82, 2.24) is 20.1 Å². The molecule has 0 unspecified atom stereocenters. The zero-order valence-electron chi connectivity index (χ0n) is 16.7. The van der Waals surface area contributed by atoms with Crippen molar-refractivity contribution in [3.63, 3.8) is 0 Å². The van der Waals surface area contributed by atoms with Gasteiger partial charge in [-0.2, -0.15) is 0 Å². The molecule has 2 N–H and O–H groups in total. The number of aliphatic hydroxyl groups is 1. The maximum atomic E-state index is 13.3. The van der Waals surface area contributed by atoms with Gasteiger partial charge in [0.25, 0.3) is 5.91 Å². The van der Waals surface area contributed by atoms with Crippen LogP contribution in [0.25, 0.3) is 0 Å². The third kappa shape index (κ3) is 3.15. The SMILES string of the molecule is CC(C)NC(=O)N1CC2(C1)[C@H](c1ccccc1)[C@@H](CO)N2C(=O)c1ccccn1. The maximum absolute atomic E-state index is 13.3. The van der Waals surface area contributed by atoms with E-state index in [2.05, 4.69) is 10.3 Å². The molecule has 2 fully saturated rings. The van der Waals surface area contributed by atoms with Crippen molar-refractivity contribution in [2.45, 2.75) is 37.4 Å². The highest BCUT2D eigenvalue weighted by atomic mass is 16.3. The molecule has 0 saturated carbocycles. The number of likely N-dealkylation sites (tertiary alicyclic amines) is 2. The van der Waals surface area contributed by atoms with Crippen LogP contribution in [0.3, 0.4) is 0 Å². The monoisotopic (exact) mass is 394 g/mol. The van der Waals surface area contributed by atoms with Crippen LogP contribution in [0.15, 0.2) is 54.7 Å². The van der Waals surface area contributed by atoms with Crippen LogP contribution in [-0.2, 0) is 0 Å². The highest BCUT2D eigenvalue weighted by Crippen LogP contribution is 2.54. The van der Waals surface area contributed by atoms with Crippen LogP contribution < -0.4 is 5.32 Å². The second-order valence-electron chi connectivity index (χ2n) is 8.09. The van der Waals surface area contributed by atoms with Gasteiger partial charge >= 0.3 is 6.03 Å². The predicted octanol–water partition coefficient (Wildman–Crippen LogP) is 1.85. The molecule has 29 heavy (non-hydrogen) atoms. The number of benzene rings is 1. The maximum Gasteiger partial charge on any atom is 0.317 e. The van der Waals surface area contributed by atoms with E-state index in [0.29, 0.717) is 18.8 Å². The lowest BCUT2D eigenvalue weighted by Gasteiger charge is -2.70. The first kappa shape index (κ1) is 19.4. The number of hydrogen-bond acceptors (Lipinski definition) is 4. The summed E-state index contributed by atoms with van der Waals surface area (Å²) in [5.41, 5.74) is 0.889. The van der Waals surface area contributed by atoms with Gasteiger partial charge in [0.05, 0.1) is 18.2 Å². The Balaban J connectivity index is 1.65. The molecule has 7 heteroatoms. The van der Waals surface area contributed by atoms with Gasteiger partial charge in [0.1, 0.15) is 5.69 Å². The topological polar surface area (TPSA) is 85.8 Å². The number of urea groups is 1. The molecule has 0 radical (unpaired) electrons. The molecule has 2 saturated heterocycles. The van der Waals surface area contributed by atoms with Crippen molar-refractivity contribution in [2.24, 2.45) is 0 Å². The molecule has 1 aromatic carbocycles. The molecule has 1 spiro atoms. The number of carbonyl (C=O) groups is 2. The number of nitrogens with zero attached hydrogens (tertiary/aromatic N) is 3. The van der Waals surface area contributed by atoms with E-state index in [1.165, 1.54) is 0 Å². The fraction of sp³-hybridized carbons (Fsp3) is 0.409. The van der Waals surface area contributed by atoms with Crippen LogP contribution >= 0.6 is 0 Å². The average molecular weight is 394 g/mol. The molecule has 3 heterocycles. The number of nitrogens with one attached hydrogen (secondary N) is 1. The molecule has 1 aromatic heterocycles. The van der Waals surface area contributed by atoms with Crippen molar-refractivity contribution in [3.8, 4) is 0 Å². The highest BCUT2D eigenvalue weighted by molar-refractivity contribution is 5.95. The van der Waals surface area contributed by atoms with Gasteiger partial charge < -0.3 is 20.2 Å².